The van der Waals surface area contributed by atoms with Crippen LogP contribution < -0.4 is 10.6 Å². The standard InChI is InChI=1S/C22H29N7O/c1-4-23-22(25-16-17-10-12-18(13-11-17)21(30)28(2)3)24-14-7-9-20-27-26-19-8-5-6-15-29(19)20/h5-6,8,10-13,15H,4,7,9,14,16H2,1-3H3,(H2,23,24,25). The third-order valence-corrected chi connectivity index (χ3v) is 4.62. The molecular weight excluding hydrogens is 378 g/mol. The Balaban J connectivity index is 1.51. The van der Waals surface area contributed by atoms with E-state index in [1.165, 1.54) is 0 Å². The number of benzene rings is 1. The zero-order valence-electron chi connectivity index (χ0n) is 17.8. The Morgan fingerprint density at radius 3 is 2.63 bits per heavy atom. The van der Waals surface area contributed by atoms with Crippen LogP contribution in [0.3, 0.4) is 0 Å². The van der Waals surface area contributed by atoms with E-state index in [0.29, 0.717) is 12.1 Å². The zero-order chi connectivity index (χ0) is 21.3. The molecule has 0 aliphatic heterocycles. The van der Waals surface area contributed by atoms with Gasteiger partial charge in [0.1, 0.15) is 5.82 Å². The Labute approximate surface area is 177 Å². The van der Waals surface area contributed by atoms with Crippen molar-refractivity contribution in [3.63, 3.8) is 0 Å². The number of hydrogen-bond donors (Lipinski definition) is 2. The van der Waals surface area contributed by atoms with Crippen LogP contribution in [-0.2, 0) is 13.0 Å². The minimum atomic E-state index is 0.000473. The van der Waals surface area contributed by atoms with Crippen LogP contribution in [-0.4, -0.2) is 58.5 Å². The summed E-state index contributed by atoms with van der Waals surface area (Å²) in [6.07, 6.45) is 3.74. The number of pyridine rings is 1. The molecule has 0 saturated carbocycles. The first-order valence-corrected chi connectivity index (χ1v) is 10.2. The number of nitrogens with zero attached hydrogens (tertiary/aromatic N) is 5. The summed E-state index contributed by atoms with van der Waals surface area (Å²) in [5.41, 5.74) is 2.60. The highest BCUT2D eigenvalue weighted by molar-refractivity contribution is 5.93. The number of aryl methyl sites for hydroxylation is 1. The summed E-state index contributed by atoms with van der Waals surface area (Å²) in [4.78, 5) is 18.2. The van der Waals surface area contributed by atoms with Gasteiger partial charge in [0.2, 0.25) is 0 Å². The van der Waals surface area contributed by atoms with Gasteiger partial charge in [-0.25, -0.2) is 4.99 Å². The lowest BCUT2D eigenvalue weighted by atomic mass is 10.1. The fraction of sp³-hybridized carbons (Fsp3) is 0.364. The summed E-state index contributed by atoms with van der Waals surface area (Å²) in [6, 6.07) is 13.5. The number of hydrogen-bond acceptors (Lipinski definition) is 4. The largest absolute Gasteiger partial charge is 0.357 e. The highest BCUT2D eigenvalue weighted by Gasteiger charge is 2.07. The minimum absolute atomic E-state index is 0.000473. The summed E-state index contributed by atoms with van der Waals surface area (Å²) >= 11 is 0. The topological polar surface area (TPSA) is 86.9 Å². The Hall–Kier alpha value is -3.42. The maximum atomic E-state index is 12.0. The van der Waals surface area contributed by atoms with Gasteiger partial charge in [-0.2, -0.15) is 0 Å². The molecule has 0 saturated heterocycles. The summed E-state index contributed by atoms with van der Waals surface area (Å²) in [7, 11) is 3.50. The fourth-order valence-electron chi connectivity index (χ4n) is 3.04. The van der Waals surface area contributed by atoms with E-state index in [1.54, 1.807) is 19.0 Å². The summed E-state index contributed by atoms with van der Waals surface area (Å²) < 4.78 is 2.02. The molecule has 8 nitrogen and oxygen atoms in total. The maximum Gasteiger partial charge on any atom is 0.253 e. The Kier molecular flexibility index (Phi) is 7.37. The van der Waals surface area contributed by atoms with Crippen molar-refractivity contribution in [3.05, 3.63) is 65.6 Å². The lowest BCUT2D eigenvalue weighted by molar-refractivity contribution is 0.0827. The number of fused-ring (bicyclic) bond motifs is 1. The van der Waals surface area contributed by atoms with Crippen LogP contribution in [0.4, 0.5) is 0 Å². The fourth-order valence-corrected chi connectivity index (χ4v) is 3.04. The molecule has 0 spiro atoms. The minimum Gasteiger partial charge on any atom is -0.357 e. The molecule has 0 atom stereocenters. The Morgan fingerprint density at radius 1 is 1.10 bits per heavy atom. The first-order chi connectivity index (χ1) is 14.6. The van der Waals surface area contributed by atoms with Crippen molar-refractivity contribution in [3.8, 4) is 0 Å². The maximum absolute atomic E-state index is 12.0. The van der Waals surface area contributed by atoms with Crippen molar-refractivity contribution in [2.24, 2.45) is 4.99 Å². The predicted octanol–water partition coefficient (Wildman–Crippen LogP) is 2.12. The van der Waals surface area contributed by atoms with E-state index in [9.17, 15) is 4.79 Å². The molecule has 1 aromatic carbocycles. The molecule has 30 heavy (non-hydrogen) atoms. The molecule has 0 aliphatic rings. The van der Waals surface area contributed by atoms with Gasteiger partial charge in [0, 0.05) is 45.4 Å². The van der Waals surface area contributed by atoms with E-state index in [2.05, 4.69) is 25.8 Å². The van der Waals surface area contributed by atoms with Gasteiger partial charge in [0.15, 0.2) is 11.6 Å². The van der Waals surface area contributed by atoms with Crippen molar-refractivity contribution in [1.82, 2.24) is 30.1 Å². The van der Waals surface area contributed by atoms with Crippen LogP contribution in [0, 0.1) is 0 Å². The van der Waals surface area contributed by atoms with Crippen molar-refractivity contribution in [2.75, 3.05) is 27.2 Å². The number of guanidine groups is 1. The van der Waals surface area contributed by atoms with E-state index < -0.39 is 0 Å². The molecule has 158 valence electrons. The first kappa shape index (κ1) is 21.3. The lowest BCUT2D eigenvalue weighted by Crippen LogP contribution is -2.37. The third kappa shape index (κ3) is 5.56. The normalized spacial score (nSPS) is 11.5. The van der Waals surface area contributed by atoms with E-state index >= 15 is 0 Å². The van der Waals surface area contributed by atoms with Gasteiger partial charge in [0.25, 0.3) is 5.91 Å². The smallest absolute Gasteiger partial charge is 0.253 e. The Morgan fingerprint density at radius 2 is 1.90 bits per heavy atom. The molecule has 0 bridgehead atoms. The van der Waals surface area contributed by atoms with Gasteiger partial charge in [-0.3, -0.25) is 9.20 Å². The predicted molar refractivity (Wildman–Crippen MR) is 119 cm³/mol. The van der Waals surface area contributed by atoms with Crippen LogP contribution in [0.2, 0.25) is 0 Å². The van der Waals surface area contributed by atoms with Crippen molar-refractivity contribution in [2.45, 2.75) is 26.3 Å². The average Bonchev–Trinajstić information content (AvgIpc) is 3.18. The lowest BCUT2D eigenvalue weighted by Gasteiger charge is -2.12. The second-order valence-electron chi connectivity index (χ2n) is 7.17. The van der Waals surface area contributed by atoms with E-state index in [-0.39, 0.29) is 5.91 Å². The highest BCUT2D eigenvalue weighted by atomic mass is 16.2. The molecule has 1 amide bonds. The summed E-state index contributed by atoms with van der Waals surface area (Å²) in [6.45, 7) is 4.16. The van der Waals surface area contributed by atoms with Crippen LogP contribution in [0.25, 0.3) is 5.65 Å². The van der Waals surface area contributed by atoms with E-state index in [0.717, 1.165) is 48.9 Å². The average molecular weight is 408 g/mol. The van der Waals surface area contributed by atoms with Gasteiger partial charge in [0.05, 0.1) is 6.54 Å². The van der Waals surface area contributed by atoms with Gasteiger partial charge in [-0.15, -0.1) is 10.2 Å². The third-order valence-electron chi connectivity index (χ3n) is 4.62. The number of carbonyl (C=O) groups is 1. The number of amides is 1. The second kappa shape index (κ2) is 10.4. The summed E-state index contributed by atoms with van der Waals surface area (Å²) in [5, 5.41) is 15.1. The number of aliphatic imine (C=N–C) groups is 1. The van der Waals surface area contributed by atoms with Crippen molar-refractivity contribution >= 4 is 17.5 Å². The Bertz CT molecular complexity index is 992. The first-order valence-electron chi connectivity index (χ1n) is 10.2. The van der Waals surface area contributed by atoms with Crippen LogP contribution in [0.15, 0.2) is 53.7 Å². The molecule has 2 N–H and O–H groups in total. The summed E-state index contributed by atoms with van der Waals surface area (Å²) in [5.74, 6) is 1.74. The molecule has 2 aromatic heterocycles. The number of carbonyl (C=O) groups excluding carboxylic acids is 1. The van der Waals surface area contributed by atoms with E-state index in [4.69, 9.17) is 0 Å². The van der Waals surface area contributed by atoms with Gasteiger partial charge >= 0.3 is 0 Å². The zero-order valence-corrected chi connectivity index (χ0v) is 17.8. The molecule has 0 fully saturated rings. The van der Waals surface area contributed by atoms with E-state index in [1.807, 2.05) is 60.0 Å². The van der Waals surface area contributed by atoms with Crippen molar-refractivity contribution < 1.29 is 4.79 Å². The van der Waals surface area contributed by atoms with Crippen LogP contribution >= 0.6 is 0 Å². The van der Waals surface area contributed by atoms with Crippen molar-refractivity contribution in [1.29, 1.82) is 0 Å². The molecular formula is C22H29N7O. The molecule has 2 heterocycles. The quantitative estimate of drug-likeness (QED) is 0.339. The van der Waals surface area contributed by atoms with Crippen LogP contribution in [0.1, 0.15) is 35.1 Å². The molecule has 8 heteroatoms. The van der Waals surface area contributed by atoms with Gasteiger partial charge < -0.3 is 15.5 Å². The monoisotopic (exact) mass is 407 g/mol. The second-order valence-corrected chi connectivity index (χ2v) is 7.17. The molecule has 0 radical (unpaired) electrons. The van der Waals surface area contributed by atoms with Crippen LogP contribution in [0.5, 0.6) is 0 Å². The number of aromatic nitrogens is 3. The molecule has 3 aromatic rings. The van der Waals surface area contributed by atoms with Gasteiger partial charge in [-0.1, -0.05) is 18.2 Å². The SMILES string of the molecule is CCNC(=NCc1ccc(C(=O)N(C)C)cc1)NCCCc1nnc2ccccn12. The molecule has 3 rings (SSSR count). The number of rotatable bonds is 8. The molecule has 0 unspecified atom stereocenters. The highest BCUT2D eigenvalue weighted by Crippen LogP contribution is 2.08. The van der Waals surface area contributed by atoms with Gasteiger partial charge in [-0.05, 0) is 43.2 Å². The number of nitrogens with one attached hydrogen (secondary N) is 2. The molecule has 0 aliphatic carbocycles.